The molecule has 2 amide bonds. The molecule has 0 atom stereocenters. The lowest BCUT2D eigenvalue weighted by Crippen LogP contribution is -2.22. The van der Waals surface area contributed by atoms with Gasteiger partial charge in [-0.2, -0.15) is 5.10 Å². The molecule has 1 aliphatic heterocycles. The van der Waals surface area contributed by atoms with Crippen LogP contribution in [0, 0.1) is 0 Å². The predicted molar refractivity (Wildman–Crippen MR) is 111 cm³/mol. The van der Waals surface area contributed by atoms with E-state index in [1.54, 1.807) is 18.6 Å². The van der Waals surface area contributed by atoms with Crippen molar-refractivity contribution in [1.82, 2.24) is 29.7 Å². The maximum absolute atomic E-state index is 12.3. The van der Waals surface area contributed by atoms with Crippen LogP contribution in [0.3, 0.4) is 0 Å². The number of hydrogen-bond acceptors (Lipinski definition) is 7. The summed E-state index contributed by atoms with van der Waals surface area (Å²) in [6.45, 7) is 2.07. The predicted octanol–water partition coefficient (Wildman–Crippen LogP) is 2.11. The highest BCUT2D eigenvalue weighted by Crippen LogP contribution is 2.26. The van der Waals surface area contributed by atoms with Crippen LogP contribution in [-0.2, 0) is 18.3 Å². The number of anilines is 3. The Labute approximate surface area is 173 Å². The molecule has 4 heterocycles. The minimum absolute atomic E-state index is 0.383. The standard InChI is InChI=1S/C19H25N9O2/c1-27-6-5-20-17(27)12-28(2)18-21-10-14(11-22-18)23-19(29)24-16-9-15(25-26-16)13-3-7-30-8-4-13/h5-6,9-11,13H,3-4,7-8,12H2,1-2H3,(H3,23,24,25,26,29). The second kappa shape index (κ2) is 8.91. The van der Waals surface area contributed by atoms with Gasteiger partial charge in [0, 0.05) is 57.4 Å². The molecule has 3 N–H and O–H groups in total. The van der Waals surface area contributed by atoms with Crippen LogP contribution in [0.2, 0.25) is 0 Å². The fourth-order valence-corrected chi connectivity index (χ4v) is 3.31. The van der Waals surface area contributed by atoms with Gasteiger partial charge in [0.25, 0.3) is 0 Å². The molecule has 11 heteroatoms. The van der Waals surface area contributed by atoms with E-state index in [0.29, 0.717) is 29.9 Å². The molecule has 1 fully saturated rings. The second-order valence-corrected chi connectivity index (χ2v) is 7.26. The van der Waals surface area contributed by atoms with Gasteiger partial charge in [0.2, 0.25) is 5.95 Å². The van der Waals surface area contributed by atoms with Crippen LogP contribution in [0.25, 0.3) is 0 Å². The Hall–Kier alpha value is -3.47. The van der Waals surface area contributed by atoms with Crippen LogP contribution >= 0.6 is 0 Å². The van der Waals surface area contributed by atoms with Gasteiger partial charge >= 0.3 is 6.03 Å². The molecule has 1 aliphatic rings. The van der Waals surface area contributed by atoms with Crippen molar-refractivity contribution in [1.29, 1.82) is 0 Å². The molecule has 0 saturated carbocycles. The summed E-state index contributed by atoms with van der Waals surface area (Å²) in [6, 6.07) is 1.46. The summed E-state index contributed by atoms with van der Waals surface area (Å²) in [5.41, 5.74) is 1.50. The fourth-order valence-electron chi connectivity index (χ4n) is 3.31. The zero-order valence-corrected chi connectivity index (χ0v) is 17.0. The van der Waals surface area contributed by atoms with Gasteiger partial charge in [-0.1, -0.05) is 0 Å². The van der Waals surface area contributed by atoms with Gasteiger partial charge in [-0.3, -0.25) is 10.4 Å². The molecule has 1 saturated heterocycles. The Kier molecular flexibility index (Phi) is 5.89. The third kappa shape index (κ3) is 4.74. The van der Waals surface area contributed by atoms with E-state index in [-0.39, 0.29) is 0 Å². The number of aromatic nitrogens is 6. The molecule has 0 aliphatic carbocycles. The molecule has 0 unspecified atom stereocenters. The third-order valence-electron chi connectivity index (χ3n) is 5.04. The summed E-state index contributed by atoms with van der Waals surface area (Å²) in [5, 5.41) is 12.6. The molecule has 3 aromatic rings. The SMILES string of the molecule is CN(Cc1nccn1C)c1ncc(NC(=O)Nc2cc(C3CCOCC3)[nH]n2)cn1. The van der Waals surface area contributed by atoms with Gasteiger partial charge in [-0.25, -0.2) is 19.7 Å². The number of carbonyl (C=O) groups is 1. The van der Waals surface area contributed by atoms with Gasteiger partial charge in [-0.15, -0.1) is 0 Å². The number of aromatic amines is 1. The van der Waals surface area contributed by atoms with Gasteiger partial charge < -0.3 is 19.5 Å². The molecule has 0 aromatic carbocycles. The summed E-state index contributed by atoms with van der Waals surface area (Å²) in [4.78, 5) is 27.1. The van der Waals surface area contributed by atoms with Crippen molar-refractivity contribution in [3.8, 4) is 0 Å². The van der Waals surface area contributed by atoms with Crippen molar-refractivity contribution in [3.05, 3.63) is 42.4 Å². The second-order valence-electron chi connectivity index (χ2n) is 7.26. The van der Waals surface area contributed by atoms with Crippen LogP contribution in [0.1, 0.15) is 30.3 Å². The molecule has 158 valence electrons. The van der Waals surface area contributed by atoms with Crippen LogP contribution in [0.5, 0.6) is 0 Å². The van der Waals surface area contributed by atoms with E-state index in [2.05, 4.69) is 35.8 Å². The molecule has 3 aromatic heterocycles. The third-order valence-corrected chi connectivity index (χ3v) is 5.04. The Balaban J connectivity index is 1.30. The quantitative estimate of drug-likeness (QED) is 0.567. The lowest BCUT2D eigenvalue weighted by Gasteiger charge is -2.20. The first kappa shape index (κ1) is 19.8. The Bertz CT molecular complexity index is 976. The normalized spacial score (nSPS) is 14.5. The zero-order valence-electron chi connectivity index (χ0n) is 17.0. The van der Waals surface area contributed by atoms with Crippen molar-refractivity contribution < 1.29 is 9.53 Å². The number of urea groups is 1. The van der Waals surface area contributed by atoms with Crippen LogP contribution in [0.4, 0.5) is 22.2 Å². The molecule has 30 heavy (non-hydrogen) atoms. The van der Waals surface area contributed by atoms with Gasteiger partial charge in [0.15, 0.2) is 5.82 Å². The first-order valence-electron chi connectivity index (χ1n) is 9.79. The first-order chi connectivity index (χ1) is 14.6. The number of carbonyl (C=O) groups excluding carboxylic acids is 1. The topological polar surface area (TPSA) is 126 Å². The first-order valence-corrected chi connectivity index (χ1v) is 9.79. The molecule has 0 radical (unpaired) electrons. The monoisotopic (exact) mass is 411 g/mol. The van der Waals surface area contributed by atoms with E-state index in [1.165, 1.54) is 0 Å². The summed E-state index contributed by atoms with van der Waals surface area (Å²) in [5.74, 6) is 2.30. The lowest BCUT2D eigenvalue weighted by atomic mass is 9.97. The number of nitrogens with one attached hydrogen (secondary N) is 3. The van der Waals surface area contributed by atoms with Crippen molar-refractivity contribution in [2.45, 2.75) is 25.3 Å². The van der Waals surface area contributed by atoms with Crippen molar-refractivity contribution in [2.24, 2.45) is 7.05 Å². The van der Waals surface area contributed by atoms with Crippen molar-refractivity contribution in [2.75, 3.05) is 35.8 Å². The molecule has 4 rings (SSSR count). The molecule has 11 nitrogen and oxygen atoms in total. The van der Waals surface area contributed by atoms with Gasteiger partial charge in [-0.05, 0) is 12.8 Å². The highest BCUT2D eigenvalue weighted by Gasteiger charge is 2.18. The van der Waals surface area contributed by atoms with Crippen molar-refractivity contribution >= 4 is 23.5 Å². The summed E-state index contributed by atoms with van der Waals surface area (Å²) in [7, 11) is 3.83. The Morgan fingerprint density at radius 1 is 1.27 bits per heavy atom. The van der Waals surface area contributed by atoms with E-state index < -0.39 is 6.03 Å². The van der Waals surface area contributed by atoms with Crippen LogP contribution in [-0.4, -0.2) is 56.0 Å². The van der Waals surface area contributed by atoms with E-state index in [0.717, 1.165) is 37.6 Å². The maximum Gasteiger partial charge on any atom is 0.324 e. The van der Waals surface area contributed by atoms with Crippen LogP contribution in [0.15, 0.2) is 30.9 Å². The minimum atomic E-state index is -0.405. The largest absolute Gasteiger partial charge is 0.381 e. The number of H-pyrrole nitrogens is 1. The van der Waals surface area contributed by atoms with Crippen molar-refractivity contribution in [3.63, 3.8) is 0 Å². The van der Waals surface area contributed by atoms with E-state index in [4.69, 9.17) is 4.74 Å². The number of nitrogens with zero attached hydrogens (tertiary/aromatic N) is 6. The van der Waals surface area contributed by atoms with Crippen LogP contribution < -0.4 is 15.5 Å². The molecule has 0 spiro atoms. The number of amides is 2. The Morgan fingerprint density at radius 2 is 2.03 bits per heavy atom. The highest BCUT2D eigenvalue weighted by molar-refractivity contribution is 5.98. The highest BCUT2D eigenvalue weighted by atomic mass is 16.5. The number of ether oxygens (including phenoxy) is 1. The average molecular weight is 411 g/mol. The Morgan fingerprint density at radius 3 is 2.73 bits per heavy atom. The number of aryl methyl sites for hydroxylation is 1. The van der Waals surface area contributed by atoms with E-state index >= 15 is 0 Å². The average Bonchev–Trinajstić information content (AvgIpc) is 3.38. The number of hydrogen-bond donors (Lipinski definition) is 3. The van der Waals surface area contributed by atoms with Gasteiger partial charge in [0.1, 0.15) is 5.82 Å². The lowest BCUT2D eigenvalue weighted by molar-refractivity contribution is 0.0845. The maximum atomic E-state index is 12.3. The van der Waals surface area contributed by atoms with Gasteiger partial charge in [0.05, 0.1) is 24.6 Å². The van der Waals surface area contributed by atoms with E-state index in [1.807, 2.05) is 35.8 Å². The minimum Gasteiger partial charge on any atom is -0.381 e. The summed E-state index contributed by atoms with van der Waals surface area (Å²) < 4.78 is 7.32. The number of imidazole rings is 1. The fraction of sp³-hybridized carbons (Fsp3) is 0.421. The molecular formula is C19H25N9O2. The molecular weight excluding hydrogens is 386 g/mol. The molecule has 0 bridgehead atoms. The summed E-state index contributed by atoms with van der Waals surface area (Å²) >= 11 is 0. The zero-order chi connectivity index (χ0) is 20.9. The number of rotatable bonds is 6. The van der Waals surface area contributed by atoms with E-state index in [9.17, 15) is 4.79 Å². The smallest absolute Gasteiger partial charge is 0.324 e. The summed E-state index contributed by atoms with van der Waals surface area (Å²) in [6.07, 6.45) is 8.67.